The summed E-state index contributed by atoms with van der Waals surface area (Å²) in [7, 11) is 0. The lowest BCUT2D eigenvalue weighted by Crippen LogP contribution is -2.25. The van der Waals surface area contributed by atoms with Crippen LogP contribution in [0, 0.1) is 5.41 Å². The Morgan fingerprint density at radius 2 is 2.07 bits per heavy atom. The van der Waals surface area contributed by atoms with Gasteiger partial charge in [-0.3, -0.25) is 0 Å². The molecule has 1 aliphatic carbocycles. The molecule has 0 aromatic heterocycles. The van der Waals surface area contributed by atoms with Crippen LogP contribution in [0.5, 0.6) is 0 Å². The maximum atomic E-state index is 10.8. The van der Waals surface area contributed by atoms with Gasteiger partial charge in [-0.15, -0.1) is 0 Å². The van der Waals surface area contributed by atoms with Gasteiger partial charge in [0.15, 0.2) is 0 Å². The van der Waals surface area contributed by atoms with Crippen molar-refractivity contribution >= 4 is 6.29 Å². The Balaban J connectivity index is 2.71. The van der Waals surface area contributed by atoms with E-state index < -0.39 is 0 Å². The molecular formula is C14H24O. The van der Waals surface area contributed by atoms with E-state index in [0.717, 1.165) is 19.1 Å². The lowest BCUT2D eigenvalue weighted by atomic mass is 9.67. The van der Waals surface area contributed by atoms with Crippen molar-refractivity contribution in [2.24, 2.45) is 5.41 Å². The summed E-state index contributed by atoms with van der Waals surface area (Å²) in [5, 5.41) is 0. The van der Waals surface area contributed by atoms with Gasteiger partial charge in [0.05, 0.1) is 0 Å². The van der Waals surface area contributed by atoms with Crippen molar-refractivity contribution in [1.29, 1.82) is 0 Å². The molecule has 0 aromatic rings. The fraction of sp³-hybridized carbons (Fsp3) is 0.786. The highest BCUT2D eigenvalue weighted by Gasteiger charge is 2.32. The summed E-state index contributed by atoms with van der Waals surface area (Å²) >= 11 is 0. The molecule has 0 saturated heterocycles. The molecule has 0 fully saturated rings. The van der Waals surface area contributed by atoms with Crippen molar-refractivity contribution in [2.45, 2.75) is 65.7 Å². The van der Waals surface area contributed by atoms with E-state index in [-0.39, 0.29) is 0 Å². The third-order valence-electron chi connectivity index (χ3n) is 3.98. The zero-order chi connectivity index (χ0) is 11.3. The molecular weight excluding hydrogens is 184 g/mol. The largest absolute Gasteiger partial charge is 0.303 e. The highest BCUT2D eigenvalue weighted by molar-refractivity contribution is 5.51. The van der Waals surface area contributed by atoms with Crippen molar-refractivity contribution in [3.63, 3.8) is 0 Å². The quantitative estimate of drug-likeness (QED) is 0.487. The Morgan fingerprint density at radius 3 is 2.60 bits per heavy atom. The van der Waals surface area contributed by atoms with E-state index in [1.807, 2.05) is 0 Å². The van der Waals surface area contributed by atoms with Gasteiger partial charge in [0, 0.05) is 6.42 Å². The van der Waals surface area contributed by atoms with Crippen molar-refractivity contribution in [2.75, 3.05) is 0 Å². The molecule has 1 rings (SSSR count). The van der Waals surface area contributed by atoms with Crippen LogP contribution in [0.2, 0.25) is 0 Å². The van der Waals surface area contributed by atoms with E-state index in [1.165, 1.54) is 37.7 Å². The Morgan fingerprint density at radius 1 is 1.33 bits per heavy atom. The van der Waals surface area contributed by atoms with Crippen molar-refractivity contribution in [3.8, 4) is 0 Å². The minimum absolute atomic E-state index is 0.307. The monoisotopic (exact) mass is 208 g/mol. The van der Waals surface area contributed by atoms with Crippen LogP contribution in [0.3, 0.4) is 0 Å². The fourth-order valence-corrected chi connectivity index (χ4v) is 2.69. The molecule has 1 aliphatic rings. The topological polar surface area (TPSA) is 17.1 Å². The summed E-state index contributed by atoms with van der Waals surface area (Å²) in [5.74, 6) is 0. The molecule has 0 spiro atoms. The van der Waals surface area contributed by atoms with E-state index in [9.17, 15) is 4.79 Å². The maximum Gasteiger partial charge on any atom is 0.120 e. The first-order chi connectivity index (χ1) is 7.13. The first kappa shape index (κ1) is 12.5. The van der Waals surface area contributed by atoms with Crippen molar-refractivity contribution in [3.05, 3.63) is 11.1 Å². The summed E-state index contributed by atoms with van der Waals surface area (Å²) in [6.45, 7) is 6.70. The zero-order valence-corrected chi connectivity index (χ0v) is 10.4. The van der Waals surface area contributed by atoms with Gasteiger partial charge in [-0.2, -0.15) is 0 Å². The van der Waals surface area contributed by atoms with Gasteiger partial charge in [0.25, 0.3) is 0 Å². The molecule has 0 radical (unpaired) electrons. The van der Waals surface area contributed by atoms with E-state index in [4.69, 9.17) is 0 Å². The second-order valence-electron chi connectivity index (χ2n) is 5.21. The molecule has 1 unspecified atom stereocenters. The molecule has 1 nitrogen and oxygen atoms in total. The summed E-state index contributed by atoms with van der Waals surface area (Å²) in [6.07, 6.45) is 9.19. The number of aldehydes is 1. The smallest absolute Gasteiger partial charge is 0.120 e. The molecule has 0 aromatic carbocycles. The lowest BCUT2D eigenvalue weighted by Gasteiger charge is -2.37. The molecule has 0 aliphatic heterocycles. The van der Waals surface area contributed by atoms with Gasteiger partial charge in [-0.1, -0.05) is 30.9 Å². The number of rotatable bonds is 5. The molecule has 0 bridgehead atoms. The maximum absolute atomic E-state index is 10.8. The minimum Gasteiger partial charge on any atom is -0.303 e. The molecule has 0 amide bonds. The van der Waals surface area contributed by atoms with Crippen LogP contribution in [0.15, 0.2) is 11.1 Å². The average Bonchev–Trinajstić information content (AvgIpc) is 2.22. The summed E-state index contributed by atoms with van der Waals surface area (Å²) in [6, 6.07) is 0. The lowest BCUT2D eigenvalue weighted by molar-refractivity contribution is -0.110. The Kier molecular flexibility index (Phi) is 4.56. The molecule has 1 atom stereocenters. The molecule has 0 N–H and O–H groups in total. The number of unbranched alkanes of at least 4 members (excludes halogenated alkanes) is 1. The standard InChI is InChI=1S/C14H24O/c1-4-5-7-14(9-10-15)8-6-12(2)13(3)11-14/h10H,4-9,11H2,1-3H3. The van der Waals surface area contributed by atoms with Gasteiger partial charge >= 0.3 is 0 Å². The molecule has 0 heterocycles. The normalized spacial score (nSPS) is 26.9. The predicted molar refractivity (Wildman–Crippen MR) is 64.9 cm³/mol. The fourth-order valence-electron chi connectivity index (χ4n) is 2.69. The highest BCUT2D eigenvalue weighted by atomic mass is 16.1. The first-order valence-corrected chi connectivity index (χ1v) is 6.22. The summed E-state index contributed by atoms with van der Waals surface area (Å²) < 4.78 is 0. The van der Waals surface area contributed by atoms with Gasteiger partial charge in [-0.25, -0.2) is 0 Å². The summed E-state index contributed by atoms with van der Waals surface area (Å²) in [4.78, 5) is 10.8. The third-order valence-corrected chi connectivity index (χ3v) is 3.98. The second kappa shape index (κ2) is 5.48. The minimum atomic E-state index is 0.307. The highest BCUT2D eigenvalue weighted by Crippen LogP contribution is 2.44. The van der Waals surface area contributed by atoms with Crippen LogP contribution in [-0.4, -0.2) is 6.29 Å². The van der Waals surface area contributed by atoms with Gasteiger partial charge in [0.1, 0.15) is 6.29 Å². The van der Waals surface area contributed by atoms with Crippen LogP contribution < -0.4 is 0 Å². The Bertz CT molecular complexity index is 252. The molecule has 1 heteroatoms. The first-order valence-electron chi connectivity index (χ1n) is 6.22. The van der Waals surface area contributed by atoms with Gasteiger partial charge in [-0.05, 0) is 44.9 Å². The van der Waals surface area contributed by atoms with E-state index in [0.29, 0.717) is 5.41 Å². The van der Waals surface area contributed by atoms with Crippen molar-refractivity contribution in [1.82, 2.24) is 0 Å². The third kappa shape index (κ3) is 3.19. The van der Waals surface area contributed by atoms with Gasteiger partial charge in [0.2, 0.25) is 0 Å². The van der Waals surface area contributed by atoms with E-state index in [2.05, 4.69) is 20.8 Å². The van der Waals surface area contributed by atoms with Crippen LogP contribution >= 0.6 is 0 Å². The second-order valence-corrected chi connectivity index (χ2v) is 5.21. The van der Waals surface area contributed by atoms with Crippen LogP contribution in [-0.2, 0) is 4.79 Å². The number of allylic oxidation sites excluding steroid dienone is 2. The zero-order valence-electron chi connectivity index (χ0n) is 10.4. The number of hydrogen-bond acceptors (Lipinski definition) is 1. The van der Waals surface area contributed by atoms with Crippen LogP contribution in [0.1, 0.15) is 65.7 Å². The molecule has 15 heavy (non-hydrogen) atoms. The van der Waals surface area contributed by atoms with Crippen molar-refractivity contribution < 1.29 is 4.79 Å². The molecule has 0 saturated carbocycles. The Hall–Kier alpha value is -0.590. The number of carbonyl (C=O) groups is 1. The van der Waals surface area contributed by atoms with Crippen LogP contribution in [0.4, 0.5) is 0 Å². The summed E-state index contributed by atoms with van der Waals surface area (Å²) in [5.41, 5.74) is 3.38. The average molecular weight is 208 g/mol. The van der Waals surface area contributed by atoms with E-state index in [1.54, 1.807) is 5.57 Å². The predicted octanol–water partition coefficient (Wildman–Crippen LogP) is 4.27. The molecule has 86 valence electrons. The number of carbonyl (C=O) groups excluding carboxylic acids is 1. The SMILES string of the molecule is CCCCC1(CC=O)CCC(C)=C(C)C1. The van der Waals surface area contributed by atoms with Gasteiger partial charge < -0.3 is 4.79 Å². The Labute approximate surface area is 93.9 Å². The number of hydrogen-bond donors (Lipinski definition) is 0. The van der Waals surface area contributed by atoms with E-state index >= 15 is 0 Å². The van der Waals surface area contributed by atoms with Crippen LogP contribution in [0.25, 0.3) is 0 Å².